The van der Waals surface area contributed by atoms with E-state index in [9.17, 15) is 23.1 Å². The second kappa shape index (κ2) is 14.5. The minimum absolute atomic E-state index is 0.0591. The molecule has 0 spiro atoms. The van der Waals surface area contributed by atoms with Crippen molar-refractivity contribution in [1.29, 1.82) is 5.41 Å². The zero-order valence-corrected chi connectivity index (χ0v) is 19.8. The highest BCUT2D eigenvalue weighted by atomic mass is 32.2. The summed E-state index contributed by atoms with van der Waals surface area (Å²) in [5.41, 5.74) is 7.24. The Kier molecular flexibility index (Phi) is 12.1. The summed E-state index contributed by atoms with van der Waals surface area (Å²) in [4.78, 5) is 33.1. The van der Waals surface area contributed by atoms with Crippen LogP contribution < -0.4 is 21.1 Å². The number of hydrogen-bond acceptors (Lipinski definition) is 7. The number of benzene rings is 2. The van der Waals surface area contributed by atoms with Gasteiger partial charge in [0.2, 0.25) is 21.8 Å². The number of aliphatic hydroxyl groups is 1. The molecule has 2 aromatic rings. The average Bonchev–Trinajstić information content (AvgIpc) is 2.80. The minimum atomic E-state index is -3.88. The van der Waals surface area contributed by atoms with Gasteiger partial charge in [0.1, 0.15) is 11.9 Å². The van der Waals surface area contributed by atoms with Crippen LogP contribution in [0, 0.1) is 5.41 Å². The third kappa shape index (κ3) is 12.3. The van der Waals surface area contributed by atoms with E-state index in [4.69, 9.17) is 21.0 Å². The monoisotopic (exact) mass is 507 g/mol. The maximum Gasteiger partial charge on any atom is 0.300 e. The van der Waals surface area contributed by atoms with Crippen LogP contribution >= 0.6 is 0 Å². The van der Waals surface area contributed by atoms with Gasteiger partial charge in [-0.15, -0.1) is 0 Å². The van der Waals surface area contributed by atoms with Crippen LogP contribution in [0.3, 0.4) is 0 Å². The van der Waals surface area contributed by atoms with Gasteiger partial charge in [0, 0.05) is 19.0 Å². The quantitative estimate of drug-likeness (QED) is 0.152. The molecule has 12 nitrogen and oxygen atoms in total. The van der Waals surface area contributed by atoms with Gasteiger partial charge in [-0.25, -0.2) is 13.1 Å². The van der Waals surface area contributed by atoms with Gasteiger partial charge in [-0.2, -0.15) is 0 Å². The third-order valence-electron chi connectivity index (χ3n) is 4.20. The van der Waals surface area contributed by atoms with Crippen LogP contribution in [-0.2, 0) is 36.7 Å². The number of sulfonamides is 1. The lowest BCUT2D eigenvalue weighted by Crippen LogP contribution is -2.50. The number of hydrogen-bond donors (Lipinski definition) is 7. The molecule has 0 aliphatic rings. The zero-order valence-electron chi connectivity index (χ0n) is 19.0. The number of amidine groups is 1. The molecule has 1 atom stereocenters. The Hall–Kier alpha value is -3.81. The molecular weight excluding hydrogens is 478 g/mol. The van der Waals surface area contributed by atoms with Crippen molar-refractivity contribution in [2.24, 2.45) is 5.73 Å². The first kappa shape index (κ1) is 29.2. The smallest absolute Gasteiger partial charge is 0.300 e. The summed E-state index contributed by atoms with van der Waals surface area (Å²) in [5.74, 6) is -2.55. The van der Waals surface area contributed by atoms with Crippen molar-refractivity contribution >= 4 is 33.6 Å². The maximum absolute atomic E-state index is 12.2. The Morgan fingerprint density at radius 2 is 1.57 bits per heavy atom. The van der Waals surface area contributed by atoms with Gasteiger partial charge in [0.15, 0.2) is 0 Å². The first-order chi connectivity index (χ1) is 16.4. The molecule has 0 bridgehead atoms. The number of carbonyl (C=O) groups is 3. The van der Waals surface area contributed by atoms with Crippen molar-refractivity contribution in [2.75, 3.05) is 13.2 Å². The van der Waals surface area contributed by atoms with Gasteiger partial charge in [-0.05, 0) is 11.1 Å². The number of rotatable bonds is 11. The van der Waals surface area contributed by atoms with E-state index in [0.29, 0.717) is 11.1 Å². The fourth-order valence-corrected chi connectivity index (χ4v) is 3.91. The van der Waals surface area contributed by atoms with Crippen LogP contribution in [0.25, 0.3) is 0 Å². The molecule has 13 heteroatoms. The molecule has 0 radical (unpaired) electrons. The highest BCUT2D eigenvalue weighted by Crippen LogP contribution is 2.05. The maximum atomic E-state index is 12.2. The normalized spacial score (nSPS) is 11.4. The summed E-state index contributed by atoms with van der Waals surface area (Å²) < 4.78 is 26.6. The lowest BCUT2D eigenvalue weighted by Gasteiger charge is -2.16. The molecule has 0 aliphatic carbocycles. The predicted molar refractivity (Wildman–Crippen MR) is 129 cm³/mol. The summed E-state index contributed by atoms with van der Waals surface area (Å²) in [5, 5.41) is 29.0. The van der Waals surface area contributed by atoms with Gasteiger partial charge in [-0.1, -0.05) is 54.6 Å². The molecule has 0 fully saturated rings. The molecule has 2 rings (SSSR count). The second-order valence-corrected chi connectivity index (χ2v) is 8.98. The Morgan fingerprint density at radius 1 is 1.00 bits per heavy atom. The van der Waals surface area contributed by atoms with E-state index in [1.165, 1.54) is 0 Å². The highest BCUT2D eigenvalue weighted by Gasteiger charge is 2.24. The summed E-state index contributed by atoms with van der Waals surface area (Å²) in [6.07, 6.45) is 0. The largest absolute Gasteiger partial charge is 0.481 e. The number of nitrogens with one attached hydrogen (secondary N) is 4. The van der Waals surface area contributed by atoms with Crippen LogP contribution in [-0.4, -0.2) is 61.4 Å². The molecule has 0 unspecified atom stereocenters. The van der Waals surface area contributed by atoms with Gasteiger partial charge in [-0.3, -0.25) is 19.8 Å². The summed E-state index contributed by atoms with van der Waals surface area (Å²) in [7, 11) is -3.88. The van der Waals surface area contributed by atoms with Crippen molar-refractivity contribution in [3.8, 4) is 0 Å². The van der Waals surface area contributed by atoms with Crippen molar-refractivity contribution in [2.45, 2.75) is 25.3 Å². The van der Waals surface area contributed by atoms with E-state index in [1.54, 1.807) is 54.6 Å². The van der Waals surface area contributed by atoms with Crippen molar-refractivity contribution < 1.29 is 33.0 Å². The molecule has 0 aliphatic heterocycles. The molecule has 0 aromatic heterocycles. The van der Waals surface area contributed by atoms with Gasteiger partial charge >= 0.3 is 0 Å². The number of aliphatic carboxylic acids is 1. The fraction of sp³-hybridized carbons (Fsp3) is 0.273. The average molecular weight is 508 g/mol. The predicted octanol–water partition coefficient (Wildman–Crippen LogP) is -0.726. The van der Waals surface area contributed by atoms with Crippen LogP contribution in [0.4, 0.5) is 0 Å². The van der Waals surface area contributed by atoms with Gasteiger partial charge in [0.05, 0.1) is 18.9 Å². The number of nitrogen functional groups attached to an aromatic ring is 1. The molecule has 2 aromatic carbocycles. The summed E-state index contributed by atoms with van der Waals surface area (Å²) in [6, 6.07) is 13.7. The molecule has 190 valence electrons. The van der Waals surface area contributed by atoms with Crippen molar-refractivity contribution in [3.05, 3.63) is 71.3 Å². The number of aliphatic hydroxyl groups excluding tert-OH is 1. The number of carboxylic acid groups (broad SMARTS) is 1. The number of nitrogens with two attached hydrogens (primary N) is 1. The van der Waals surface area contributed by atoms with Crippen LogP contribution in [0.5, 0.6) is 0 Å². The lowest BCUT2D eigenvalue weighted by atomic mass is 10.1. The standard InChI is InChI=1S/C20H25N5O5S.C2H4O2/c21-19(22)16-8-6-14(7-9-16)10-23-18(27)11-24-20(28)17(12-26)25-31(29,30)13-15-4-2-1-3-5-15;1-2(3)4/h1-9,17,25-26H,10-13H2,(H3,21,22)(H,23,27)(H,24,28);1H3,(H,3,4)/t17-;/m1./s1. The Morgan fingerprint density at radius 3 is 2.09 bits per heavy atom. The fourth-order valence-electron chi connectivity index (χ4n) is 2.58. The Bertz CT molecular complexity index is 1100. The summed E-state index contributed by atoms with van der Waals surface area (Å²) in [6.45, 7) is 0.130. The molecule has 0 heterocycles. The first-order valence-corrected chi connectivity index (χ1v) is 11.9. The topological polar surface area (TPSA) is 212 Å². The molecule has 2 amide bonds. The number of carbonyl (C=O) groups excluding carboxylic acids is 2. The van der Waals surface area contributed by atoms with E-state index < -0.39 is 40.5 Å². The molecular formula is C22H29N5O7S. The van der Waals surface area contributed by atoms with Crippen molar-refractivity contribution in [3.63, 3.8) is 0 Å². The zero-order chi connectivity index (χ0) is 26.4. The SMILES string of the molecule is CC(=O)O.N=C(N)c1ccc(CNC(=O)CNC(=O)[C@@H](CO)NS(=O)(=O)Cc2ccccc2)cc1. The van der Waals surface area contributed by atoms with E-state index in [2.05, 4.69) is 15.4 Å². The van der Waals surface area contributed by atoms with E-state index in [-0.39, 0.29) is 24.7 Å². The molecule has 0 saturated carbocycles. The molecule has 35 heavy (non-hydrogen) atoms. The molecule has 8 N–H and O–H groups in total. The third-order valence-corrected chi connectivity index (χ3v) is 5.56. The second-order valence-electron chi connectivity index (χ2n) is 7.22. The van der Waals surface area contributed by atoms with Crippen LogP contribution in [0.15, 0.2) is 54.6 Å². The first-order valence-electron chi connectivity index (χ1n) is 10.3. The minimum Gasteiger partial charge on any atom is -0.481 e. The Balaban J connectivity index is 0.00000142. The molecule has 0 saturated heterocycles. The summed E-state index contributed by atoms with van der Waals surface area (Å²) >= 11 is 0. The van der Waals surface area contributed by atoms with Gasteiger partial charge < -0.3 is 26.6 Å². The number of carboxylic acids is 1. The van der Waals surface area contributed by atoms with Crippen LogP contribution in [0.1, 0.15) is 23.6 Å². The van der Waals surface area contributed by atoms with E-state index in [0.717, 1.165) is 12.5 Å². The highest BCUT2D eigenvalue weighted by molar-refractivity contribution is 7.88. The van der Waals surface area contributed by atoms with Crippen molar-refractivity contribution in [1.82, 2.24) is 15.4 Å². The van der Waals surface area contributed by atoms with Crippen LogP contribution in [0.2, 0.25) is 0 Å². The van der Waals surface area contributed by atoms with Gasteiger partial charge in [0.25, 0.3) is 5.97 Å². The number of amides is 2. The Labute approximate surface area is 203 Å². The van der Waals surface area contributed by atoms with E-state index in [1.807, 2.05) is 0 Å². The van der Waals surface area contributed by atoms with E-state index >= 15 is 0 Å². The lowest BCUT2D eigenvalue weighted by molar-refractivity contribution is -0.134.